The van der Waals surface area contributed by atoms with Crippen molar-refractivity contribution in [3.8, 4) is 0 Å². The average Bonchev–Trinajstić information content (AvgIpc) is 3.05. The van der Waals surface area contributed by atoms with Crippen LogP contribution in [-0.4, -0.2) is 49.2 Å². The van der Waals surface area contributed by atoms with Crippen LogP contribution in [0.25, 0.3) is 11.0 Å². The molecule has 0 unspecified atom stereocenters. The van der Waals surface area contributed by atoms with Crippen molar-refractivity contribution in [3.63, 3.8) is 0 Å². The minimum absolute atomic E-state index is 0.0415. The Balaban J connectivity index is 1.82. The molecule has 0 bridgehead atoms. The van der Waals surface area contributed by atoms with Crippen molar-refractivity contribution >= 4 is 26.9 Å². The number of nitrogens with zero attached hydrogens (tertiary/aromatic N) is 3. The lowest BCUT2D eigenvalue weighted by atomic mass is 9.87. The third-order valence-electron chi connectivity index (χ3n) is 4.51. The number of H-pyrrole nitrogens is 1. The molecule has 1 aliphatic carbocycles. The number of nitrogens with one attached hydrogen (secondary N) is 2. The fourth-order valence-electron chi connectivity index (χ4n) is 3.19. The van der Waals surface area contributed by atoms with Gasteiger partial charge in [0, 0.05) is 23.3 Å². The van der Waals surface area contributed by atoms with E-state index in [0.29, 0.717) is 42.5 Å². The van der Waals surface area contributed by atoms with Crippen molar-refractivity contribution in [1.82, 2.24) is 19.7 Å². The van der Waals surface area contributed by atoms with Gasteiger partial charge in [0.15, 0.2) is 0 Å². The summed E-state index contributed by atoms with van der Waals surface area (Å²) in [5.41, 5.74) is 0.595. The Morgan fingerprint density at radius 2 is 2.17 bits per heavy atom. The van der Waals surface area contributed by atoms with Crippen molar-refractivity contribution in [1.29, 1.82) is 0 Å². The number of hydrogen-bond acceptors (Lipinski definition) is 5. The normalized spacial score (nSPS) is 24.8. The number of aromatic amines is 1. The molecule has 0 atom stereocenters. The molecule has 1 aliphatic rings. The lowest BCUT2D eigenvalue weighted by molar-refractivity contribution is 0.340. The molecule has 0 aromatic carbocycles. The molecule has 0 radical (unpaired) electrons. The van der Waals surface area contributed by atoms with Crippen LogP contribution in [0.4, 0.5) is 5.82 Å². The average molecular weight is 341 g/mol. The van der Waals surface area contributed by atoms with E-state index in [1.165, 1.54) is 18.3 Å². The second-order valence-electron chi connectivity index (χ2n) is 5.97. The molecule has 126 valence electrons. The van der Waals surface area contributed by atoms with Gasteiger partial charge in [-0.05, 0) is 44.7 Å². The minimum Gasteiger partial charge on any atom is -0.356 e. The first-order chi connectivity index (χ1) is 12.2. The SMILES string of the molecule is [2H][13C]([2H])([2H])N(c1ncnc2[nH]ccc12)C1CCC(CS(=O)(=O)NC)CC1. The fourth-order valence-corrected chi connectivity index (χ4v) is 4.31. The summed E-state index contributed by atoms with van der Waals surface area (Å²) in [6.07, 6.45) is 5.62. The first-order valence-electron chi connectivity index (χ1n) is 9.20. The third-order valence-corrected chi connectivity index (χ3v) is 6.04. The first kappa shape index (κ1) is 12.7. The van der Waals surface area contributed by atoms with Crippen molar-refractivity contribution < 1.29 is 12.5 Å². The molecule has 7 nitrogen and oxygen atoms in total. The third kappa shape index (κ3) is 3.48. The van der Waals surface area contributed by atoms with Crippen LogP contribution in [0.3, 0.4) is 0 Å². The molecule has 2 N–H and O–H groups in total. The molecule has 23 heavy (non-hydrogen) atoms. The van der Waals surface area contributed by atoms with Gasteiger partial charge in [0.2, 0.25) is 10.0 Å². The lowest BCUT2D eigenvalue weighted by Crippen LogP contribution is -2.37. The van der Waals surface area contributed by atoms with E-state index in [1.807, 2.05) is 0 Å². The maximum absolute atomic E-state index is 11.7. The zero-order valence-electron chi connectivity index (χ0n) is 16.0. The molecule has 0 spiro atoms. The standard InChI is InChI=1S/C15H23N5O2S/c1-16-23(21,22)9-11-3-5-12(6-4-11)20(2)15-13-7-8-17-14(13)18-10-19-15/h7-8,10-12,16H,3-6,9H2,1-2H3,(H,17,18,19)/i2+1D3. The summed E-state index contributed by atoms with van der Waals surface area (Å²) in [6.45, 7) is -2.34. The highest BCUT2D eigenvalue weighted by Crippen LogP contribution is 2.31. The predicted molar refractivity (Wildman–Crippen MR) is 90.9 cm³/mol. The Labute approximate surface area is 140 Å². The van der Waals surface area contributed by atoms with Gasteiger partial charge >= 0.3 is 0 Å². The lowest BCUT2D eigenvalue weighted by Gasteiger charge is -2.35. The molecule has 0 aliphatic heterocycles. The van der Waals surface area contributed by atoms with Crippen LogP contribution in [0.2, 0.25) is 0 Å². The Morgan fingerprint density at radius 3 is 2.87 bits per heavy atom. The number of sulfonamides is 1. The summed E-state index contributed by atoms with van der Waals surface area (Å²) in [6, 6.07) is 1.55. The summed E-state index contributed by atoms with van der Waals surface area (Å²) in [7, 11) is -1.85. The maximum atomic E-state index is 11.7. The second kappa shape index (κ2) is 6.45. The highest BCUT2D eigenvalue weighted by atomic mass is 32.2. The Morgan fingerprint density at radius 1 is 1.39 bits per heavy atom. The van der Waals surface area contributed by atoms with E-state index in [1.54, 1.807) is 12.3 Å². The molecule has 1 fully saturated rings. The van der Waals surface area contributed by atoms with E-state index >= 15 is 0 Å². The summed E-state index contributed by atoms with van der Waals surface area (Å²) in [4.78, 5) is 12.7. The van der Waals surface area contributed by atoms with Crippen LogP contribution in [0.1, 0.15) is 29.8 Å². The van der Waals surface area contributed by atoms with Crippen molar-refractivity contribution in [2.75, 3.05) is 24.7 Å². The van der Waals surface area contributed by atoms with Gasteiger partial charge in [-0.3, -0.25) is 0 Å². The zero-order chi connectivity index (χ0) is 18.9. The first-order valence-corrected chi connectivity index (χ1v) is 9.35. The molecule has 0 saturated heterocycles. The number of rotatable bonds is 5. The Hall–Kier alpha value is -1.67. The summed E-state index contributed by atoms with van der Waals surface area (Å²) < 4.78 is 49.8. The highest BCUT2D eigenvalue weighted by molar-refractivity contribution is 7.89. The Kier molecular flexibility index (Phi) is 3.56. The topological polar surface area (TPSA) is 91.0 Å². The van der Waals surface area contributed by atoms with Gasteiger partial charge in [0.25, 0.3) is 0 Å². The minimum atomic E-state index is -3.26. The largest absolute Gasteiger partial charge is 0.356 e. The molecule has 2 heterocycles. The van der Waals surface area contributed by atoms with Crippen LogP contribution in [0.5, 0.6) is 0 Å². The summed E-state index contributed by atoms with van der Waals surface area (Å²) in [5.74, 6) is 0.516. The number of hydrogen-bond donors (Lipinski definition) is 2. The number of aromatic nitrogens is 3. The van der Waals surface area contributed by atoms with Gasteiger partial charge in [0.1, 0.15) is 17.8 Å². The zero-order valence-corrected chi connectivity index (χ0v) is 13.8. The van der Waals surface area contributed by atoms with E-state index in [2.05, 4.69) is 19.7 Å². The maximum Gasteiger partial charge on any atom is 0.211 e. The monoisotopic (exact) mass is 341 g/mol. The molecule has 3 rings (SSSR count). The molecule has 8 heteroatoms. The smallest absolute Gasteiger partial charge is 0.211 e. The fraction of sp³-hybridized carbons (Fsp3) is 0.600. The van der Waals surface area contributed by atoms with Crippen LogP contribution < -0.4 is 9.62 Å². The summed E-state index contributed by atoms with van der Waals surface area (Å²) >= 11 is 0. The number of fused-ring (bicyclic) bond motifs is 1. The molecular weight excluding hydrogens is 315 g/mol. The van der Waals surface area contributed by atoms with Crippen molar-refractivity contribution in [2.24, 2.45) is 5.92 Å². The van der Waals surface area contributed by atoms with Crippen LogP contribution in [0, 0.1) is 5.92 Å². The van der Waals surface area contributed by atoms with Crippen LogP contribution >= 0.6 is 0 Å². The molecular formula is C15H23N5O2S. The van der Waals surface area contributed by atoms with Crippen molar-refractivity contribution in [2.45, 2.75) is 31.7 Å². The van der Waals surface area contributed by atoms with E-state index in [9.17, 15) is 8.42 Å². The van der Waals surface area contributed by atoms with Crippen LogP contribution in [-0.2, 0) is 10.0 Å². The van der Waals surface area contributed by atoms with Gasteiger partial charge in [0.05, 0.1) is 11.1 Å². The van der Waals surface area contributed by atoms with E-state index in [-0.39, 0.29) is 17.7 Å². The molecule has 1 saturated carbocycles. The van der Waals surface area contributed by atoms with E-state index in [0.717, 1.165) is 0 Å². The van der Waals surface area contributed by atoms with Gasteiger partial charge in [-0.15, -0.1) is 0 Å². The molecule has 2 aromatic heterocycles. The van der Waals surface area contributed by atoms with Gasteiger partial charge in [-0.2, -0.15) is 0 Å². The quantitative estimate of drug-likeness (QED) is 0.804. The second-order valence-corrected chi connectivity index (χ2v) is 7.94. The molecule has 0 amide bonds. The summed E-state index contributed by atoms with van der Waals surface area (Å²) in [5, 5.41) is 0.670. The highest BCUT2D eigenvalue weighted by Gasteiger charge is 2.28. The van der Waals surface area contributed by atoms with Gasteiger partial charge in [-0.25, -0.2) is 23.1 Å². The van der Waals surface area contributed by atoms with Crippen LogP contribution in [0.15, 0.2) is 18.6 Å². The Bertz CT molecular complexity index is 860. The number of anilines is 1. The van der Waals surface area contributed by atoms with Gasteiger partial charge in [-0.1, -0.05) is 0 Å². The molecule has 2 aromatic rings. The van der Waals surface area contributed by atoms with E-state index < -0.39 is 17.0 Å². The van der Waals surface area contributed by atoms with Crippen molar-refractivity contribution in [3.05, 3.63) is 18.6 Å². The van der Waals surface area contributed by atoms with E-state index in [4.69, 9.17) is 4.11 Å². The predicted octanol–water partition coefficient (Wildman–Crippen LogP) is 1.50. The van der Waals surface area contributed by atoms with Gasteiger partial charge < -0.3 is 9.88 Å².